The molecular formula is C9H13ClN4O2. The van der Waals surface area contributed by atoms with E-state index in [1.165, 1.54) is 0 Å². The maximum atomic E-state index is 11.6. The van der Waals surface area contributed by atoms with Crippen LogP contribution in [0.3, 0.4) is 0 Å². The molecule has 0 saturated carbocycles. The van der Waals surface area contributed by atoms with Gasteiger partial charge in [-0.25, -0.2) is 14.8 Å². The van der Waals surface area contributed by atoms with Gasteiger partial charge in [0.05, 0.1) is 0 Å². The Balaban J connectivity index is 3.05. The van der Waals surface area contributed by atoms with Crippen molar-refractivity contribution in [3.63, 3.8) is 0 Å². The molecule has 1 aromatic heterocycles. The first-order chi connectivity index (χ1) is 7.20. The molecule has 7 heteroatoms. The predicted octanol–water partition coefficient (Wildman–Crippen LogP) is 1.25. The number of carbonyl (C=O) groups excluding carboxylic acids is 1. The number of carbonyl (C=O) groups is 1. The molecule has 0 aliphatic heterocycles. The second kappa shape index (κ2) is 4.13. The first-order valence-electron chi connectivity index (χ1n) is 4.52. The van der Waals surface area contributed by atoms with E-state index in [1.54, 1.807) is 20.8 Å². The molecule has 0 unspecified atom stereocenters. The zero-order chi connectivity index (χ0) is 12.5. The van der Waals surface area contributed by atoms with Crippen LogP contribution in [0.4, 0.5) is 11.6 Å². The Morgan fingerprint density at radius 1 is 1.25 bits per heavy atom. The summed E-state index contributed by atoms with van der Waals surface area (Å²) in [6.45, 7) is 5.19. The first kappa shape index (κ1) is 12.5. The molecule has 1 rings (SSSR count). The zero-order valence-electron chi connectivity index (χ0n) is 9.24. The Morgan fingerprint density at radius 2 is 1.81 bits per heavy atom. The molecule has 0 amide bonds. The van der Waals surface area contributed by atoms with Gasteiger partial charge in [-0.15, -0.1) is 0 Å². The summed E-state index contributed by atoms with van der Waals surface area (Å²) in [4.78, 5) is 19.1. The molecule has 6 nitrogen and oxygen atoms in total. The molecule has 0 spiro atoms. The number of esters is 1. The van der Waals surface area contributed by atoms with Crippen molar-refractivity contribution < 1.29 is 9.53 Å². The van der Waals surface area contributed by atoms with Crippen LogP contribution in [0.5, 0.6) is 0 Å². The molecule has 16 heavy (non-hydrogen) atoms. The highest BCUT2D eigenvalue weighted by Crippen LogP contribution is 2.19. The van der Waals surface area contributed by atoms with Crippen LogP contribution in [0, 0.1) is 0 Å². The van der Waals surface area contributed by atoms with Crippen LogP contribution in [0.15, 0.2) is 0 Å². The highest BCUT2D eigenvalue weighted by atomic mass is 35.5. The summed E-state index contributed by atoms with van der Waals surface area (Å²) in [5.74, 6) is -0.804. The maximum absolute atomic E-state index is 11.6. The lowest BCUT2D eigenvalue weighted by molar-refractivity contribution is 0.00639. The molecule has 0 bridgehead atoms. The number of nitrogens with two attached hydrogens (primary N) is 2. The summed E-state index contributed by atoms with van der Waals surface area (Å²) >= 11 is 5.64. The van der Waals surface area contributed by atoms with E-state index in [9.17, 15) is 4.79 Å². The molecule has 1 aromatic rings. The van der Waals surface area contributed by atoms with E-state index in [-0.39, 0.29) is 22.5 Å². The third kappa shape index (κ3) is 2.96. The van der Waals surface area contributed by atoms with Crippen LogP contribution in [0.2, 0.25) is 5.15 Å². The van der Waals surface area contributed by atoms with Gasteiger partial charge in [-0.05, 0) is 20.8 Å². The highest BCUT2D eigenvalue weighted by Gasteiger charge is 2.22. The quantitative estimate of drug-likeness (QED) is 0.721. The Bertz CT molecular complexity index is 428. The Morgan fingerprint density at radius 3 is 2.31 bits per heavy atom. The van der Waals surface area contributed by atoms with Gasteiger partial charge in [0.25, 0.3) is 0 Å². The van der Waals surface area contributed by atoms with Crippen LogP contribution in [0.25, 0.3) is 0 Å². The smallest absolute Gasteiger partial charge is 0.361 e. The minimum atomic E-state index is -0.681. The average Bonchev–Trinajstić information content (AvgIpc) is 2.08. The van der Waals surface area contributed by atoms with Crippen molar-refractivity contribution in [3.8, 4) is 0 Å². The lowest BCUT2D eigenvalue weighted by Gasteiger charge is -2.19. The number of halogens is 1. The van der Waals surface area contributed by atoms with Gasteiger partial charge in [0.15, 0.2) is 22.5 Å². The second-order valence-corrected chi connectivity index (χ2v) is 4.49. The van der Waals surface area contributed by atoms with Crippen molar-refractivity contribution in [2.24, 2.45) is 0 Å². The summed E-state index contributed by atoms with van der Waals surface area (Å²) in [5.41, 5.74) is 10.1. The number of hydrogen-bond acceptors (Lipinski definition) is 6. The van der Waals surface area contributed by atoms with Gasteiger partial charge < -0.3 is 16.2 Å². The molecular weight excluding hydrogens is 232 g/mol. The van der Waals surface area contributed by atoms with Gasteiger partial charge in [-0.1, -0.05) is 11.6 Å². The molecule has 4 N–H and O–H groups in total. The highest BCUT2D eigenvalue weighted by molar-refractivity contribution is 6.31. The van der Waals surface area contributed by atoms with E-state index in [0.717, 1.165) is 0 Å². The minimum absolute atomic E-state index is 0.0218. The van der Waals surface area contributed by atoms with E-state index < -0.39 is 11.6 Å². The van der Waals surface area contributed by atoms with E-state index in [1.807, 2.05) is 0 Å². The second-order valence-electron chi connectivity index (χ2n) is 4.14. The molecule has 0 fully saturated rings. The Hall–Kier alpha value is -1.56. The van der Waals surface area contributed by atoms with Gasteiger partial charge in [0.1, 0.15) is 5.60 Å². The lowest BCUT2D eigenvalue weighted by atomic mass is 10.2. The number of rotatable bonds is 1. The number of nitrogens with zero attached hydrogens (tertiary/aromatic N) is 2. The van der Waals surface area contributed by atoms with Crippen molar-refractivity contribution >= 4 is 29.2 Å². The van der Waals surface area contributed by atoms with Crippen LogP contribution in [0.1, 0.15) is 31.3 Å². The van der Waals surface area contributed by atoms with Crippen molar-refractivity contribution in [2.45, 2.75) is 26.4 Å². The molecule has 0 aromatic carbocycles. The molecule has 88 valence electrons. The van der Waals surface area contributed by atoms with Crippen molar-refractivity contribution in [3.05, 3.63) is 10.8 Å². The Kier molecular flexibility index (Phi) is 3.23. The summed E-state index contributed by atoms with van der Waals surface area (Å²) in [6.07, 6.45) is 0. The van der Waals surface area contributed by atoms with Crippen LogP contribution < -0.4 is 11.5 Å². The van der Waals surface area contributed by atoms with E-state index in [4.69, 9.17) is 27.8 Å². The van der Waals surface area contributed by atoms with Crippen molar-refractivity contribution in [2.75, 3.05) is 11.5 Å². The van der Waals surface area contributed by atoms with Gasteiger partial charge in [-0.2, -0.15) is 0 Å². The lowest BCUT2D eigenvalue weighted by Crippen LogP contribution is -2.25. The summed E-state index contributed by atoms with van der Waals surface area (Å²) in [7, 11) is 0. The average molecular weight is 245 g/mol. The largest absolute Gasteiger partial charge is 0.455 e. The number of nitrogen functional groups attached to an aromatic ring is 2. The molecule has 0 radical (unpaired) electrons. The van der Waals surface area contributed by atoms with E-state index in [0.29, 0.717) is 0 Å². The summed E-state index contributed by atoms with van der Waals surface area (Å²) in [6, 6.07) is 0. The monoisotopic (exact) mass is 244 g/mol. The van der Waals surface area contributed by atoms with E-state index >= 15 is 0 Å². The SMILES string of the molecule is CC(C)(C)OC(=O)c1nc(Cl)c(N)nc1N. The normalized spacial score (nSPS) is 11.2. The van der Waals surface area contributed by atoms with Gasteiger partial charge in [0.2, 0.25) is 0 Å². The molecule has 1 heterocycles. The minimum Gasteiger partial charge on any atom is -0.455 e. The van der Waals surface area contributed by atoms with Crippen LogP contribution in [-0.2, 0) is 4.74 Å². The molecule has 0 saturated heterocycles. The molecule has 0 atom stereocenters. The Labute approximate surface area is 98.0 Å². The first-order valence-corrected chi connectivity index (χ1v) is 4.90. The van der Waals surface area contributed by atoms with Crippen LogP contribution >= 0.6 is 11.6 Å². The number of anilines is 2. The van der Waals surface area contributed by atoms with Crippen molar-refractivity contribution in [1.29, 1.82) is 0 Å². The number of ether oxygens (including phenoxy) is 1. The molecule has 0 aliphatic rings. The fourth-order valence-electron chi connectivity index (χ4n) is 0.918. The molecule has 0 aliphatic carbocycles. The van der Waals surface area contributed by atoms with E-state index in [2.05, 4.69) is 9.97 Å². The summed E-state index contributed by atoms with van der Waals surface area (Å²) in [5, 5.41) is -0.0740. The van der Waals surface area contributed by atoms with Crippen LogP contribution in [-0.4, -0.2) is 21.5 Å². The van der Waals surface area contributed by atoms with Crippen molar-refractivity contribution in [1.82, 2.24) is 9.97 Å². The third-order valence-electron chi connectivity index (χ3n) is 1.50. The van der Waals surface area contributed by atoms with Gasteiger partial charge >= 0.3 is 5.97 Å². The number of aromatic nitrogens is 2. The zero-order valence-corrected chi connectivity index (χ0v) is 10.00. The fourth-order valence-corrected chi connectivity index (χ4v) is 1.04. The number of hydrogen-bond donors (Lipinski definition) is 2. The topological polar surface area (TPSA) is 104 Å². The predicted molar refractivity (Wildman–Crippen MR) is 61.0 cm³/mol. The standard InChI is InChI=1S/C9H13ClN4O2/c1-9(2,3)16-8(15)4-6(11)14-7(12)5(10)13-4/h1-3H3,(H4,11,12,14). The third-order valence-corrected chi connectivity index (χ3v) is 1.78. The van der Waals surface area contributed by atoms with Gasteiger partial charge in [0, 0.05) is 0 Å². The van der Waals surface area contributed by atoms with Gasteiger partial charge in [-0.3, -0.25) is 0 Å². The maximum Gasteiger partial charge on any atom is 0.361 e. The fraction of sp³-hybridized carbons (Fsp3) is 0.444. The summed E-state index contributed by atoms with van der Waals surface area (Å²) < 4.78 is 5.08.